The summed E-state index contributed by atoms with van der Waals surface area (Å²) in [5.74, 6) is 0.644. The zero-order valence-corrected chi connectivity index (χ0v) is 12.0. The first-order valence-corrected chi connectivity index (χ1v) is 7.88. The van der Waals surface area contributed by atoms with Crippen molar-refractivity contribution in [3.05, 3.63) is 42.0 Å². The number of rotatable bonds is 3. The third-order valence-electron chi connectivity index (χ3n) is 3.45. The first-order valence-electron chi connectivity index (χ1n) is 6.44. The number of aromatic nitrogens is 3. The van der Waals surface area contributed by atoms with Crippen molar-refractivity contribution in [2.24, 2.45) is 0 Å². The van der Waals surface area contributed by atoms with Crippen LogP contribution in [0, 0.1) is 11.3 Å². The lowest BCUT2D eigenvalue weighted by Crippen LogP contribution is -2.38. The Morgan fingerprint density at radius 2 is 2.00 bits per heavy atom. The van der Waals surface area contributed by atoms with Gasteiger partial charge in [-0.2, -0.15) is 9.57 Å². The maximum atomic E-state index is 12.6. The fraction of sp³-hybridized carbons (Fsp3) is 0.308. The lowest BCUT2D eigenvalue weighted by Gasteiger charge is -2.26. The molecule has 0 unspecified atom stereocenters. The van der Waals surface area contributed by atoms with Crippen LogP contribution >= 0.6 is 0 Å². The smallest absolute Gasteiger partial charge is 0.243 e. The van der Waals surface area contributed by atoms with E-state index in [4.69, 9.17) is 5.26 Å². The SMILES string of the molecule is N#CCc1ccc(S(=O)(=O)N2CCn3cnnc3C2)cc1. The number of nitrogens with zero attached hydrogens (tertiary/aromatic N) is 5. The topological polar surface area (TPSA) is 91.9 Å². The summed E-state index contributed by atoms with van der Waals surface area (Å²) < 4.78 is 28.4. The Balaban J connectivity index is 1.86. The minimum Gasteiger partial charge on any atom is -0.315 e. The summed E-state index contributed by atoms with van der Waals surface area (Å²) >= 11 is 0. The van der Waals surface area contributed by atoms with Gasteiger partial charge >= 0.3 is 0 Å². The van der Waals surface area contributed by atoms with E-state index in [0.29, 0.717) is 18.9 Å². The normalized spacial score (nSPS) is 15.4. The van der Waals surface area contributed by atoms with E-state index >= 15 is 0 Å². The zero-order chi connectivity index (χ0) is 14.9. The monoisotopic (exact) mass is 303 g/mol. The number of fused-ring (bicyclic) bond motifs is 1. The van der Waals surface area contributed by atoms with Crippen LogP contribution in [0.2, 0.25) is 0 Å². The highest BCUT2D eigenvalue weighted by Gasteiger charge is 2.29. The average molecular weight is 303 g/mol. The van der Waals surface area contributed by atoms with E-state index in [1.807, 2.05) is 10.6 Å². The van der Waals surface area contributed by atoms with Crippen LogP contribution in [0.4, 0.5) is 0 Å². The highest BCUT2D eigenvalue weighted by atomic mass is 32.2. The summed E-state index contributed by atoms with van der Waals surface area (Å²) in [6.07, 6.45) is 1.88. The van der Waals surface area contributed by atoms with Crippen LogP contribution in [-0.2, 0) is 29.5 Å². The molecule has 3 rings (SSSR count). The Hall–Kier alpha value is -2.24. The number of hydrogen-bond donors (Lipinski definition) is 0. The van der Waals surface area contributed by atoms with Crippen molar-refractivity contribution < 1.29 is 8.42 Å². The summed E-state index contributed by atoms with van der Waals surface area (Å²) in [4.78, 5) is 0.233. The molecule has 2 heterocycles. The summed E-state index contributed by atoms with van der Waals surface area (Å²) in [7, 11) is -3.55. The summed E-state index contributed by atoms with van der Waals surface area (Å²) in [5.41, 5.74) is 0.801. The lowest BCUT2D eigenvalue weighted by atomic mass is 10.2. The molecular weight excluding hydrogens is 290 g/mol. The molecule has 1 aliphatic heterocycles. The van der Waals surface area contributed by atoms with Crippen molar-refractivity contribution in [3.63, 3.8) is 0 Å². The number of benzene rings is 1. The molecule has 0 bridgehead atoms. The number of sulfonamides is 1. The van der Waals surface area contributed by atoms with E-state index < -0.39 is 10.0 Å². The molecule has 0 radical (unpaired) electrons. The van der Waals surface area contributed by atoms with Gasteiger partial charge < -0.3 is 4.57 Å². The van der Waals surface area contributed by atoms with Crippen molar-refractivity contribution in [2.75, 3.05) is 6.54 Å². The van der Waals surface area contributed by atoms with E-state index in [0.717, 1.165) is 5.56 Å². The van der Waals surface area contributed by atoms with Crippen LogP contribution in [-0.4, -0.2) is 34.0 Å². The zero-order valence-electron chi connectivity index (χ0n) is 11.2. The van der Waals surface area contributed by atoms with Gasteiger partial charge in [-0.3, -0.25) is 0 Å². The molecule has 0 amide bonds. The second kappa shape index (κ2) is 5.27. The Kier molecular flexibility index (Phi) is 3.45. The predicted molar refractivity (Wildman–Crippen MR) is 73.4 cm³/mol. The molecule has 108 valence electrons. The van der Waals surface area contributed by atoms with E-state index in [1.54, 1.807) is 30.6 Å². The van der Waals surface area contributed by atoms with Gasteiger partial charge in [0, 0.05) is 13.1 Å². The van der Waals surface area contributed by atoms with Crippen LogP contribution in [0.5, 0.6) is 0 Å². The quantitative estimate of drug-likeness (QED) is 0.825. The van der Waals surface area contributed by atoms with Crippen LogP contribution in [0.3, 0.4) is 0 Å². The third kappa shape index (κ3) is 2.53. The molecule has 0 spiro atoms. The van der Waals surface area contributed by atoms with Crippen molar-refractivity contribution in [1.82, 2.24) is 19.1 Å². The summed E-state index contributed by atoms with van der Waals surface area (Å²) in [5, 5.41) is 16.3. The molecule has 2 aromatic rings. The van der Waals surface area contributed by atoms with Crippen molar-refractivity contribution in [2.45, 2.75) is 24.4 Å². The van der Waals surface area contributed by atoms with Gasteiger partial charge in [0.25, 0.3) is 0 Å². The molecule has 7 nitrogen and oxygen atoms in total. The van der Waals surface area contributed by atoms with E-state index in [-0.39, 0.29) is 17.9 Å². The largest absolute Gasteiger partial charge is 0.315 e. The van der Waals surface area contributed by atoms with Gasteiger partial charge in [0.15, 0.2) is 0 Å². The number of nitriles is 1. The van der Waals surface area contributed by atoms with Crippen LogP contribution in [0.15, 0.2) is 35.5 Å². The van der Waals surface area contributed by atoms with Gasteiger partial charge in [0.05, 0.1) is 23.9 Å². The van der Waals surface area contributed by atoms with Gasteiger partial charge in [-0.05, 0) is 17.7 Å². The second-order valence-electron chi connectivity index (χ2n) is 4.76. The van der Waals surface area contributed by atoms with Crippen LogP contribution in [0.1, 0.15) is 11.4 Å². The molecule has 21 heavy (non-hydrogen) atoms. The predicted octanol–water partition coefficient (Wildman–Crippen LogP) is 0.549. The van der Waals surface area contributed by atoms with Gasteiger partial charge in [0.1, 0.15) is 12.2 Å². The maximum absolute atomic E-state index is 12.6. The van der Waals surface area contributed by atoms with Gasteiger partial charge in [-0.1, -0.05) is 12.1 Å². The molecule has 1 aliphatic rings. The summed E-state index contributed by atoms with van der Waals surface area (Å²) in [6.45, 7) is 1.17. The first-order chi connectivity index (χ1) is 10.1. The van der Waals surface area contributed by atoms with Crippen LogP contribution in [0.25, 0.3) is 0 Å². The minimum atomic E-state index is -3.55. The second-order valence-corrected chi connectivity index (χ2v) is 6.70. The molecular formula is C13H13N5O2S. The minimum absolute atomic E-state index is 0.224. The van der Waals surface area contributed by atoms with E-state index in [2.05, 4.69) is 10.2 Å². The molecule has 0 fully saturated rings. The van der Waals surface area contributed by atoms with Crippen molar-refractivity contribution in [1.29, 1.82) is 5.26 Å². The van der Waals surface area contributed by atoms with Crippen molar-refractivity contribution >= 4 is 10.0 Å². The molecule has 0 aliphatic carbocycles. The van der Waals surface area contributed by atoms with Crippen molar-refractivity contribution in [3.8, 4) is 6.07 Å². The molecule has 1 aromatic heterocycles. The first kappa shape index (κ1) is 13.7. The Morgan fingerprint density at radius 3 is 2.71 bits per heavy atom. The molecule has 1 aromatic carbocycles. The fourth-order valence-corrected chi connectivity index (χ4v) is 3.65. The molecule has 0 N–H and O–H groups in total. The fourth-order valence-electron chi connectivity index (χ4n) is 2.27. The maximum Gasteiger partial charge on any atom is 0.243 e. The molecule has 0 atom stereocenters. The standard InChI is InChI=1S/C13H13N5O2S/c14-6-5-11-1-3-12(4-2-11)21(19,20)18-8-7-17-10-15-16-13(17)9-18/h1-4,10H,5,7-9H2. The average Bonchev–Trinajstić information content (AvgIpc) is 2.95. The van der Waals surface area contributed by atoms with E-state index in [1.165, 1.54) is 4.31 Å². The third-order valence-corrected chi connectivity index (χ3v) is 5.31. The molecule has 8 heteroatoms. The van der Waals surface area contributed by atoms with Gasteiger partial charge in [-0.25, -0.2) is 8.42 Å². The lowest BCUT2D eigenvalue weighted by molar-refractivity contribution is 0.335. The molecule has 0 saturated carbocycles. The van der Waals surface area contributed by atoms with Crippen LogP contribution < -0.4 is 0 Å². The highest BCUT2D eigenvalue weighted by molar-refractivity contribution is 7.89. The highest BCUT2D eigenvalue weighted by Crippen LogP contribution is 2.21. The Morgan fingerprint density at radius 1 is 1.24 bits per heavy atom. The molecule has 0 saturated heterocycles. The Labute approximate surface area is 122 Å². The Bertz CT molecular complexity index is 789. The van der Waals surface area contributed by atoms with E-state index in [9.17, 15) is 8.42 Å². The van der Waals surface area contributed by atoms with Gasteiger partial charge in [0.2, 0.25) is 10.0 Å². The number of hydrogen-bond acceptors (Lipinski definition) is 5. The summed E-state index contributed by atoms with van der Waals surface area (Å²) in [6, 6.07) is 8.46. The van der Waals surface area contributed by atoms with Gasteiger partial charge in [-0.15, -0.1) is 10.2 Å².